The molecule has 0 spiro atoms. The molecule has 1 heterocycles. The van der Waals surface area contributed by atoms with Crippen LogP contribution in [0.2, 0.25) is 0 Å². The van der Waals surface area contributed by atoms with Gasteiger partial charge in [0.05, 0.1) is 19.8 Å². The zero-order valence-electron chi connectivity index (χ0n) is 13.3. The van der Waals surface area contributed by atoms with E-state index in [-0.39, 0.29) is 30.2 Å². The average molecular weight is 323 g/mol. The summed E-state index contributed by atoms with van der Waals surface area (Å²) in [5.41, 5.74) is 0.856. The standard InChI is InChI=1S/C17H22FNO4/c1-22-17(21)7-3-6-16(20)19-8-9-23-15(12-19)11-13-4-2-5-14(18)10-13/h2,4-5,10,15H,3,6-9,11-12H2,1H3/t15-/m1/s1. The molecule has 0 N–H and O–H groups in total. The van der Waals surface area contributed by atoms with E-state index in [0.29, 0.717) is 39.0 Å². The highest BCUT2D eigenvalue weighted by atomic mass is 19.1. The molecule has 6 heteroatoms. The summed E-state index contributed by atoms with van der Waals surface area (Å²) in [7, 11) is 1.34. The van der Waals surface area contributed by atoms with Crippen molar-refractivity contribution in [1.29, 1.82) is 0 Å². The summed E-state index contributed by atoms with van der Waals surface area (Å²) in [6, 6.07) is 6.41. The Morgan fingerprint density at radius 2 is 2.22 bits per heavy atom. The number of ether oxygens (including phenoxy) is 2. The lowest BCUT2D eigenvalue weighted by Crippen LogP contribution is -2.46. The van der Waals surface area contributed by atoms with Gasteiger partial charge in [0.25, 0.3) is 0 Å². The van der Waals surface area contributed by atoms with Gasteiger partial charge in [0, 0.05) is 32.4 Å². The highest BCUT2D eigenvalue weighted by molar-refractivity contribution is 5.77. The topological polar surface area (TPSA) is 55.8 Å². The van der Waals surface area contributed by atoms with Crippen LogP contribution in [0, 0.1) is 5.82 Å². The Kier molecular flexibility index (Phi) is 6.52. The molecule has 0 aliphatic carbocycles. The molecule has 2 rings (SSSR count). The Labute approximate surface area is 135 Å². The molecular weight excluding hydrogens is 301 g/mol. The minimum atomic E-state index is -0.302. The molecule has 1 fully saturated rings. The number of benzene rings is 1. The SMILES string of the molecule is COC(=O)CCCC(=O)N1CCO[C@H](Cc2cccc(F)c2)C1. The van der Waals surface area contributed by atoms with Gasteiger partial charge in [-0.2, -0.15) is 0 Å². The quantitative estimate of drug-likeness (QED) is 0.751. The normalized spacial score (nSPS) is 17.8. The van der Waals surface area contributed by atoms with E-state index in [9.17, 15) is 14.0 Å². The van der Waals surface area contributed by atoms with Gasteiger partial charge in [-0.15, -0.1) is 0 Å². The highest BCUT2D eigenvalue weighted by Gasteiger charge is 2.24. The van der Waals surface area contributed by atoms with Crippen LogP contribution in [0.15, 0.2) is 24.3 Å². The molecular formula is C17H22FNO4. The first-order chi connectivity index (χ1) is 11.1. The van der Waals surface area contributed by atoms with Gasteiger partial charge in [-0.3, -0.25) is 9.59 Å². The fourth-order valence-electron chi connectivity index (χ4n) is 2.64. The maximum Gasteiger partial charge on any atom is 0.305 e. The van der Waals surface area contributed by atoms with Crippen molar-refractivity contribution in [3.05, 3.63) is 35.6 Å². The fourth-order valence-corrected chi connectivity index (χ4v) is 2.64. The molecule has 0 unspecified atom stereocenters. The molecule has 1 amide bonds. The van der Waals surface area contributed by atoms with Crippen LogP contribution in [0.25, 0.3) is 0 Å². The van der Waals surface area contributed by atoms with Gasteiger partial charge >= 0.3 is 5.97 Å². The monoisotopic (exact) mass is 323 g/mol. The van der Waals surface area contributed by atoms with E-state index in [4.69, 9.17) is 4.74 Å². The minimum absolute atomic E-state index is 0.0152. The van der Waals surface area contributed by atoms with Gasteiger partial charge < -0.3 is 14.4 Å². The minimum Gasteiger partial charge on any atom is -0.469 e. The smallest absolute Gasteiger partial charge is 0.305 e. The van der Waals surface area contributed by atoms with Crippen molar-refractivity contribution >= 4 is 11.9 Å². The van der Waals surface area contributed by atoms with E-state index in [1.54, 1.807) is 11.0 Å². The summed E-state index contributed by atoms with van der Waals surface area (Å²) in [6.07, 6.45) is 1.50. The van der Waals surface area contributed by atoms with E-state index in [1.165, 1.54) is 19.2 Å². The molecule has 126 valence electrons. The van der Waals surface area contributed by atoms with Crippen LogP contribution in [0.1, 0.15) is 24.8 Å². The van der Waals surface area contributed by atoms with Crippen molar-refractivity contribution in [3.63, 3.8) is 0 Å². The average Bonchev–Trinajstić information content (AvgIpc) is 2.55. The fraction of sp³-hybridized carbons (Fsp3) is 0.529. The molecule has 5 nitrogen and oxygen atoms in total. The molecule has 1 aliphatic rings. The molecule has 0 saturated carbocycles. The second-order valence-electron chi connectivity index (χ2n) is 5.60. The number of methoxy groups -OCH3 is 1. The van der Waals surface area contributed by atoms with E-state index >= 15 is 0 Å². The molecule has 1 aromatic rings. The van der Waals surface area contributed by atoms with Crippen LogP contribution in [0.3, 0.4) is 0 Å². The van der Waals surface area contributed by atoms with Crippen LogP contribution < -0.4 is 0 Å². The molecule has 1 atom stereocenters. The number of amides is 1. The van der Waals surface area contributed by atoms with Crippen molar-refractivity contribution < 1.29 is 23.5 Å². The lowest BCUT2D eigenvalue weighted by molar-refractivity contribution is -0.141. The molecule has 1 saturated heterocycles. The Hall–Kier alpha value is -1.95. The third kappa shape index (κ3) is 5.63. The summed E-state index contributed by atoms with van der Waals surface area (Å²) in [6.45, 7) is 1.52. The van der Waals surface area contributed by atoms with Crippen LogP contribution in [0.4, 0.5) is 4.39 Å². The zero-order chi connectivity index (χ0) is 16.7. The lowest BCUT2D eigenvalue weighted by Gasteiger charge is -2.33. The van der Waals surface area contributed by atoms with Crippen molar-refractivity contribution in [3.8, 4) is 0 Å². The number of hydrogen-bond donors (Lipinski definition) is 0. The molecule has 1 aromatic carbocycles. The Balaban J connectivity index is 1.80. The van der Waals surface area contributed by atoms with E-state index < -0.39 is 0 Å². The summed E-state index contributed by atoms with van der Waals surface area (Å²) < 4.78 is 23.4. The summed E-state index contributed by atoms with van der Waals surface area (Å²) in [4.78, 5) is 25.0. The molecule has 0 bridgehead atoms. The summed E-state index contributed by atoms with van der Waals surface area (Å²) in [5, 5.41) is 0. The maximum absolute atomic E-state index is 13.2. The summed E-state index contributed by atoms with van der Waals surface area (Å²) >= 11 is 0. The second-order valence-corrected chi connectivity index (χ2v) is 5.60. The summed E-state index contributed by atoms with van der Waals surface area (Å²) in [5.74, 6) is -0.556. The van der Waals surface area contributed by atoms with Gasteiger partial charge in [0.2, 0.25) is 5.91 Å². The number of hydrogen-bond acceptors (Lipinski definition) is 4. The molecule has 0 radical (unpaired) electrons. The lowest BCUT2D eigenvalue weighted by atomic mass is 10.1. The molecule has 23 heavy (non-hydrogen) atoms. The predicted molar refractivity (Wildman–Crippen MR) is 82.3 cm³/mol. The van der Waals surface area contributed by atoms with Crippen molar-refractivity contribution in [1.82, 2.24) is 4.90 Å². The van der Waals surface area contributed by atoms with Crippen LogP contribution >= 0.6 is 0 Å². The van der Waals surface area contributed by atoms with E-state index in [2.05, 4.69) is 4.74 Å². The Morgan fingerprint density at radius 3 is 2.96 bits per heavy atom. The number of esters is 1. The number of morpholine rings is 1. The van der Waals surface area contributed by atoms with E-state index in [0.717, 1.165) is 5.56 Å². The zero-order valence-corrected chi connectivity index (χ0v) is 13.3. The second kappa shape index (κ2) is 8.62. The molecule has 0 aromatic heterocycles. The van der Waals surface area contributed by atoms with Crippen molar-refractivity contribution in [2.45, 2.75) is 31.8 Å². The van der Waals surface area contributed by atoms with Gasteiger partial charge in [-0.25, -0.2) is 4.39 Å². The van der Waals surface area contributed by atoms with Crippen LogP contribution in [0.5, 0.6) is 0 Å². The van der Waals surface area contributed by atoms with Gasteiger partial charge in [-0.05, 0) is 24.1 Å². The van der Waals surface area contributed by atoms with Crippen molar-refractivity contribution in [2.75, 3.05) is 26.8 Å². The Bertz CT molecular complexity index is 549. The predicted octanol–water partition coefficient (Wildman–Crippen LogP) is 1.94. The number of rotatable bonds is 6. The third-order valence-electron chi connectivity index (χ3n) is 3.84. The number of carbonyl (C=O) groups excluding carboxylic acids is 2. The Morgan fingerprint density at radius 1 is 1.39 bits per heavy atom. The van der Waals surface area contributed by atoms with Crippen molar-refractivity contribution in [2.24, 2.45) is 0 Å². The number of nitrogens with zero attached hydrogens (tertiary/aromatic N) is 1. The van der Waals surface area contributed by atoms with Gasteiger partial charge in [0.1, 0.15) is 5.82 Å². The first-order valence-electron chi connectivity index (χ1n) is 7.79. The maximum atomic E-state index is 13.2. The van der Waals surface area contributed by atoms with Gasteiger partial charge in [-0.1, -0.05) is 12.1 Å². The number of carbonyl (C=O) groups is 2. The van der Waals surface area contributed by atoms with E-state index in [1.807, 2.05) is 6.07 Å². The van der Waals surface area contributed by atoms with Crippen LogP contribution in [-0.2, 0) is 25.5 Å². The number of halogens is 1. The first-order valence-corrected chi connectivity index (χ1v) is 7.79. The highest BCUT2D eigenvalue weighted by Crippen LogP contribution is 2.14. The largest absolute Gasteiger partial charge is 0.469 e. The van der Waals surface area contributed by atoms with Gasteiger partial charge in [0.15, 0.2) is 0 Å². The molecule has 1 aliphatic heterocycles. The first kappa shape index (κ1) is 17.4. The third-order valence-corrected chi connectivity index (χ3v) is 3.84. The van der Waals surface area contributed by atoms with Crippen LogP contribution in [-0.4, -0.2) is 49.7 Å².